The second-order valence-corrected chi connectivity index (χ2v) is 4.78. The molecule has 0 spiro atoms. The summed E-state index contributed by atoms with van der Waals surface area (Å²) in [5.41, 5.74) is 3.25. The minimum absolute atomic E-state index is 0.0960. The molecule has 2 aromatic carbocycles. The number of ether oxygens (including phenoxy) is 2. The van der Waals surface area contributed by atoms with Crippen LogP contribution in [0.1, 0.15) is 29.8 Å². The number of phenolic OH excluding ortho intramolecular Hbond substituents is 1. The van der Waals surface area contributed by atoms with Crippen LogP contribution < -0.4 is 14.9 Å². The smallest absolute Gasteiger partial charge is 0.275 e. The summed E-state index contributed by atoms with van der Waals surface area (Å²) in [5.74, 6) is 0.731. The van der Waals surface area contributed by atoms with E-state index < -0.39 is 5.91 Å². The Morgan fingerprint density at radius 3 is 2.62 bits per heavy atom. The van der Waals surface area contributed by atoms with E-state index in [1.54, 1.807) is 30.3 Å². The summed E-state index contributed by atoms with van der Waals surface area (Å²) in [5, 5.41) is 13.6. The quantitative estimate of drug-likeness (QED) is 0.605. The predicted octanol–water partition coefficient (Wildman–Crippen LogP) is 2.95. The van der Waals surface area contributed by atoms with Crippen LogP contribution in [0.3, 0.4) is 0 Å². The number of nitrogens with zero attached hydrogens (tertiary/aromatic N) is 1. The van der Waals surface area contributed by atoms with Crippen LogP contribution in [0.25, 0.3) is 0 Å². The maximum Gasteiger partial charge on any atom is 0.275 e. The van der Waals surface area contributed by atoms with Crippen molar-refractivity contribution in [1.82, 2.24) is 5.43 Å². The fourth-order valence-corrected chi connectivity index (χ4v) is 2.04. The van der Waals surface area contributed by atoms with Gasteiger partial charge in [-0.2, -0.15) is 5.10 Å². The number of benzene rings is 2. The summed E-state index contributed by atoms with van der Waals surface area (Å²) in [4.78, 5) is 12.0. The molecule has 0 atom stereocenters. The Kier molecular flexibility index (Phi) is 6.19. The molecule has 0 aliphatic heterocycles. The zero-order valence-corrected chi connectivity index (χ0v) is 13.7. The van der Waals surface area contributed by atoms with Crippen molar-refractivity contribution in [3.05, 3.63) is 53.6 Å². The number of para-hydroxylation sites is 1. The molecule has 0 fully saturated rings. The van der Waals surface area contributed by atoms with Gasteiger partial charge in [0, 0.05) is 11.6 Å². The van der Waals surface area contributed by atoms with Gasteiger partial charge in [-0.15, -0.1) is 0 Å². The van der Waals surface area contributed by atoms with Gasteiger partial charge in [0.05, 0.1) is 25.0 Å². The zero-order valence-electron chi connectivity index (χ0n) is 13.7. The first kappa shape index (κ1) is 17.3. The van der Waals surface area contributed by atoms with Gasteiger partial charge in [-0.25, -0.2) is 5.43 Å². The molecule has 0 saturated heterocycles. The molecule has 1 amide bonds. The van der Waals surface area contributed by atoms with E-state index in [2.05, 4.69) is 10.5 Å². The maximum absolute atomic E-state index is 12.0. The maximum atomic E-state index is 12.0. The lowest BCUT2D eigenvalue weighted by molar-refractivity contribution is 0.0952. The predicted molar refractivity (Wildman–Crippen MR) is 91.9 cm³/mol. The summed E-state index contributed by atoms with van der Waals surface area (Å²) in [6, 6.07) is 11.6. The topological polar surface area (TPSA) is 80.2 Å². The third-order valence-electron chi connectivity index (χ3n) is 3.11. The number of hydrogen-bond acceptors (Lipinski definition) is 5. The van der Waals surface area contributed by atoms with Crippen LogP contribution in [0.2, 0.25) is 0 Å². The number of hydrogen-bond donors (Lipinski definition) is 2. The molecule has 0 bridgehead atoms. The van der Waals surface area contributed by atoms with Crippen molar-refractivity contribution < 1.29 is 19.4 Å². The third kappa shape index (κ3) is 4.49. The number of carbonyl (C=O) groups is 1. The van der Waals surface area contributed by atoms with Crippen molar-refractivity contribution >= 4 is 12.1 Å². The van der Waals surface area contributed by atoms with Gasteiger partial charge in [0.1, 0.15) is 17.2 Å². The molecular weight excluding hydrogens is 308 g/mol. The number of carbonyl (C=O) groups excluding carboxylic acids is 1. The summed E-state index contributed by atoms with van der Waals surface area (Å²) >= 11 is 0. The Labute approximate surface area is 140 Å². The molecule has 6 nitrogen and oxygen atoms in total. The number of rotatable bonds is 7. The highest BCUT2D eigenvalue weighted by Crippen LogP contribution is 2.24. The summed E-state index contributed by atoms with van der Waals surface area (Å²) in [6.07, 6.45) is 1.48. The van der Waals surface area contributed by atoms with Gasteiger partial charge in [0.25, 0.3) is 5.91 Å². The molecule has 0 saturated carbocycles. The zero-order chi connectivity index (χ0) is 17.4. The van der Waals surface area contributed by atoms with Gasteiger partial charge in [-0.05, 0) is 38.1 Å². The highest BCUT2D eigenvalue weighted by atomic mass is 16.5. The highest BCUT2D eigenvalue weighted by molar-refractivity contribution is 5.97. The van der Waals surface area contributed by atoms with Crippen LogP contribution >= 0.6 is 0 Å². The fourth-order valence-electron chi connectivity index (χ4n) is 2.04. The standard InChI is InChI=1S/C18H20N2O4/c1-3-23-14-10-9-13(17(11-14)24-4-2)12-19-20-18(22)15-7-5-6-8-16(15)21/h5-12,21H,3-4H2,1-2H3,(H,20,22)/b19-12+. The van der Waals surface area contributed by atoms with Crippen LogP contribution in [-0.2, 0) is 0 Å². The lowest BCUT2D eigenvalue weighted by Crippen LogP contribution is -2.17. The molecule has 2 rings (SSSR count). The first-order valence-corrected chi connectivity index (χ1v) is 7.66. The van der Waals surface area contributed by atoms with Crippen LogP contribution in [0.15, 0.2) is 47.6 Å². The van der Waals surface area contributed by atoms with E-state index in [-0.39, 0.29) is 11.3 Å². The van der Waals surface area contributed by atoms with E-state index in [0.29, 0.717) is 30.3 Å². The number of phenols is 1. The van der Waals surface area contributed by atoms with E-state index in [9.17, 15) is 9.90 Å². The second-order valence-electron chi connectivity index (χ2n) is 4.78. The minimum Gasteiger partial charge on any atom is -0.507 e. The van der Waals surface area contributed by atoms with Crippen molar-refractivity contribution in [3.63, 3.8) is 0 Å². The first-order chi connectivity index (χ1) is 11.7. The normalized spacial score (nSPS) is 10.6. The Morgan fingerprint density at radius 2 is 1.92 bits per heavy atom. The molecule has 0 radical (unpaired) electrons. The van der Waals surface area contributed by atoms with Crippen molar-refractivity contribution in [2.24, 2.45) is 5.10 Å². The number of aromatic hydroxyl groups is 1. The average molecular weight is 328 g/mol. The number of amides is 1. The van der Waals surface area contributed by atoms with E-state index in [1.807, 2.05) is 13.8 Å². The fraction of sp³-hybridized carbons (Fsp3) is 0.222. The van der Waals surface area contributed by atoms with Crippen LogP contribution in [-0.4, -0.2) is 30.4 Å². The molecule has 0 unspecified atom stereocenters. The SMILES string of the molecule is CCOc1ccc(/C=N/NC(=O)c2ccccc2O)c(OCC)c1. The molecule has 0 aromatic heterocycles. The Bertz CT molecular complexity index is 729. The second kappa shape index (κ2) is 8.57. The summed E-state index contributed by atoms with van der Waals surface area (Å²) < 4.78 is 11.0. The van der Waals surface area contributed by atoms with Gasteiger partial charge >= 0.3 is 0 Å². The largest absolute Gasteiger partial charge is 0.507 e. The third-order valence-corrected chi connectivity index (χ3v) is 3.11. The molecule has 126 valence electrons. The Morgan fingerprint density at radius 1 is 1.17 bits per heavy atom. The molecule has 0 aliphatic carbocycles. The average Bonchev–Trinajstić information content (AvgIpc) is 2.57. The van der Waals surface area contributed by atoms with Crippen LogP contribution in [0.4, 0.5) is 0 Å². The molecule has 2 aromatic rings. The van der Waals surface area contributed by atoms with Crippen LogP contribution in [0, 0.1) is 0 Å². The Balaban J connectivity index is 2.10. The summed E-state index contributed by atoms with van der Waals surface area (Å²) in [6.45, 7) is 4.86. The van der Waals surface area contributed by atoms with Gasteiger partial charge in [0.15, 0.2) is 0 Å². The van der Waals surface area contributed by atoms with Gasteiger partial charge in [-0.1, -0.05) is 12.1 Å². The lowest BCUT2D eigenvalue weighted by Gasteiger charge is -2.10. The molecule has 24 heavy (non-hydrogen) atoms. The summed E-state index contributed by atoms with van der Waals surface area (Å²) in [7, 11) is 0. The van der Waals surface area contributed by atoms with Gasteiger partial charge < -0.3 is 14.6 Å². The number of nitrogens with one attached hydrogen (secondary N) is 1. The molecule has 2 N–H and O–H groups in total. The molecule has 6 heteroatoms. The molecular formula is C18H20N2O4. The minimum atomic E-state index is -0.492. The van der Waals surface area contributed by atoms with Gasteiger partial charge in [0.2, 0.25) is 0 Å². The van der Waals surface area contributed by atoms with E-state index in [4.69, 9.17) is 9.47 Å². The van der Waals surface area contributed by atoms with Crippen LogP contribution in [0.5, 0.6) is 17.2 Å². The van der Waals surface area contributed by atoms with Crippen molar-refractivity contribution in [1.29, 1.82) is 0 Å². The lowest BCUT2D eigenvalue weighted by atomic mass is 10.2. The van der Waals surface area contributed by atoms with Crippen molar-refractivity contribution in [2.75, 3.05) is 13.2 Å². The van der Waals surface area contributed by atoms with E-state index >= 15 is 0 Å². The Hall–Kier alpha value is -3.02. The number of hydrazone groups is 1. The van der Waals surface area contributed by atoms with Gasteiger partial charge in [-0.3, -0.25) is 4.79 Å². The van der Waals surface area contributed by atoms with Crippen molar-refractivity contribution in [2.45, 2.75) is 13.8 Å². The highest BCUT2D eigenvalue weighted by Gasteiger charge is 2.09. The van der Waals surface area contributed by atoms with Crippen molar-refractivity contribution in [3.8, 4) is 17.2 Å². The molecule has 0 aliphatic rings. The molecule has 0 heterocycles. The first-order valence-electron chi connectivity index (χ1n) is 7.66. The monoisotopic (exact) mass is 328 g/mol. The van der Waals surface area contributed by atoms with E-state index in [0.717, 1.165) is 0 Å². The van der Waals surface area contributed by atoms with E-state index in [1.165, 1.54) is 18.3 Å².